The normalized spacial score (nSPS) is 17.9. The molecule has 1 saturated heterocycles. The van der Waals surface area contributed by atoms with Crippen LogP contribution in [0.1, 0.15) is 16.9 Å². The Labute approximate surface area is 193 Å². The number of amides is 1. The van der Waals surface area contributed by atoms with E-state index in [-0.39, 0.29) is 16.9 Å². The van der Waals surface area contributed by atoms with Gasteiger partial charge in [0.2, 0.25) is 5.91 Å². The summed E-state index contributed by atoms with van der Waals surface area (Å²) in [6.07, 6.45) is -2.54. The van der Waals surface area contributed by atoms with E-state index < -0.39 is 11.7 Å². The fourth-order valence-electron chi connectivity index (χ4n) is 2.99. The van der Waals surface area contributed by atoms with Crippen molar-refractivity contribution in [3.05, 3.63) is 82.0 Å². The molecular formula is C22H15BrF3N3O2S. The van der Waals surface area contributed by atoms with Gasteiger partial charge in [-0.15, -0.1) is 5.10 Å². The molecule has 164 valence electrons. The van der Waals surface area contributed by atoms with Crippen molar-refractivity contribution in [2.45, 2.75) is 17.8 Å². The molecule has 0 radical (unpaired) electrons. The van der Waals surface area contributed by atoms with E-state index >= 15 is 0 Å². The zero-order chi connectivity index (χ0) is 22.7. The lowest BCUT2D eigenvalue weighted by atomic mass is 10.1. The van der Waals surface area contributed by atoms with Crippen molar-refractivity contribution in [1.29, 1.82) is 0 Å². The van der Waals surface area contributed by atoms with Gasteiger partial charge in [-0.3, -0.25) is 4.79 Å². The minimum absolute atomic E-state index is 0.142. The Hall–Kier alpha value is -2.85. The molecule has 2 aromatic carbocycles. The molecule has 1 aliphatic heterocycles. The quantitative estimate of drug-likeness (QED) is 0.336. The van der Waals surface area contributed by atoms with E-state index in [4.69, 9.17) is 4.42 Å². The van der Waals surface area contributed by atoms with Crippen LogP contribution in [0, 0.1) is 0 Å². The van der Waals surface area contributed by atoms with E-state index in [9.17, 15) is 18.0 Å². The summed E-state index contributed by atoms with van der Waals surface area (Å²) >= 11 is 4.67. The predicted molar refractivity (Wildman–Crippen MR) is 122 cm³/mol. The Bertz CT molecular complexity index is 1190. The number of nitrogens with zero attached hydrogens (tertiary/aromatic N) is 2. The van der Waals surface area contributed by atoms with Crippen molar-refractivity contribution in [2.24, 2.45) is 10.2 Å². The molecule has 10 heteroatoms. The van der Waals surface area contributed by atoms with E-state index in [0.717, 1.165) is 22.2 Å². The van der Waals surface area contributed by atoms with Gasteiger partial charge in [-0.05, 0) is 48.4 Å². The molecule has 3 aromatic rings. The Morgan fingerprint density at radius 3 is 2.66 bits per heavy atom. The number of halogens is 4. The van der Waals surface area contributed by atoms with Gasteiger partial charge in [-0.2, -0.15) is 18.3 Å². The summed E-state index contributed by atoms with van der Waals surface area (Å²) in [4.78, 5) is 12.2. The smallest absolute Gasteiger partial charge is 0.416 e. The number of rotatable bonds is 5. The van der Waals surface area contributed by atoms with E-state index in [2.05, 4.69) is 31.4 Å². The lowest BCUT2D eigenvalue weighted by molar-refractivity contribution is -0.137. The van der Waals surface area contributed by atoms with Crippen LogP contribution in [0.15, 0.2) is 79.8 Å². The van der Waals surface area contributed by atoms with Crippen LogP contribution >= 0.6 is 27.7 Å². The number of benzene rings is 2. The minimum Gasteiger partial charge on any atom is -0.455 e. The fraction of sp³-hybridized carbons (Fsp3) is 0.136. The Morgan fingerprint density at radius 2 is 1.91 bits per heavy atom. The molecule has 4 rings (SSSR count). The number of alkyl halides is 3. The van der Waals surface area contributed by atoms with E-state index in [1.807, 2.05) is 24.3 Å². The zero-order valence-electron chi connectivity index (χ0n) is 16.3. The van der Waals surface area contributed by atoms with Gasteiger partial charge in [-0.25, -0.2) is 0 Å². The summed E-state index contributed by atoms with van der Waals surface area (Å²) in [5.74, 6) is 0.461. The van der Waals surface area contributed by atoms with Gasteiger partial charge in [0, 0.05) is 10.0 Å². The number of thioether (sulfide) groups is 1. The molecule has 0 spiro atoms. The average molecular weight is 522 g/mol. The van der Waals surface area contributed by atoms with Gasteiger partial charge in [0.15, 0.2) is 5.17 Å². The molecule has 1 aliphatic rings. The maximum absolute atomic E-state index is 12.9. The molecular weight excluding hydrogens is 507 g/mol. The lowest BCUT2D eigenvalue weighted by Crippen LogP contribution is -2.25. The number of furan rings is 1. The summed E-state index contributed by atoms with van der Waals surface area (Å²) in [5, 5.41) is 10.7. The summed E-state index contributed by atoms with van der Waals surface area (Å²) < 4.78 is 45.2. The number of carbonyl (C=O) groups is 1. The van der Waals surface area contributed by atoms with Gasteiger partial charge >= 0.3 is 6.18 Å². The second-order valence-corrected chi connectivity index (χ2v) is 8.96. The molecule has 1 unspecified atom stereocenters. The van der Waals surface area contributed by atoms with Gasteiger partial charge < -0.3 is 9.73 Å². The predicted octanol–water partition coefficient (Wildman–Crippen LogP) is 5.89. The first-order chi connectivity index (χ1) is 15.3. The molecule has 0 bridgehead atoms. The first-order valence-electron chi connectivity index (χ1n) is 9.38. The van der Waals surface area contributed by atoms with E-state index in [1.54, 1.807) is 12.1 Å². The number of hydrogen-bond donors (Lipinski definition) is 1. The van der Waals surface area contributed by atoms with Crippen molar-refractivity contribution < 1.29 is 22.4 Å². The van der Waals surface area contributed by atoms with Crippen molar-refractivity contribution in [3.63, 3.8) is 0 Å². The van der Waals surface area contributed by atoms with Crippen LogP contribution < -0.4 is 5.32 Å². The molecule has 1 N–H and O–H groups in total. The molecule has 1 amide bonds. The van der Waals surface area contributed by atoms with Gasteiger partial charge in [0.1, 0.15) is 11.5 Å². The highest BCUT2D eigenvalue weighted by molar-refractivity contribution is 9.10. The molecule has 2 heterocycles. The average Bonchev–Trinajstić information content (AvgIpc) is 3.36. The molecule has 0 saturated carbocycles. The third kappa shape index (κ3) is 5.49. The molecule has 5 nitrogen and oxygen atoms in total. The van der Waals surface area contributed by atoms with E-state index in [1.165, 1.54) is 30.1 Å². The number of amidine groups is 1. The van der Waals surface area contributed by atoms with Crippen LogP contribution in [0.4, 0.5) is 13.2 Å². The second kappa shape index (κ2) is 9.33. The maximum Gasteiger partial charge on any atom is 0.416 e. The maximum atomic E-state index is 12.9. The van der Waals surface area contributed by atoms with Crippen molar-refractivity contribution in [2.75, 3.05) is 0 Å². The largest absolute Gasteiger partial charge is 0.455 e. The van der Waals surface area contributed by atoms with Crippen molar-refractivity contribution >= 4 is 45.0 Å². The molecule has 1 fully saturated rings. The highest BCUT2D eigenvalue weighted by Crippen LogP contribution is 2.32. The SMILES string of the molecule is O=C1N/C(=N\N=C\c2ccc(-c3cccc(C(F)(F)F)c3)o2)SC1Cc1ccc(Br)cc1. The molecule has 0 aliphatic carbocycles. The summed E-state index contributed by atoms with van der Waals surface area (Å²) in [6, 6.07) is 15.8. The Morgan fingerprint density at radius 1 is 1.12 bits per heavy atom. The van der Waals surface area contributed by atoms with Crippen LogP contribution in [-0.4, -0.2) is 22.5 Å². The standard InChI is InChI=1S/C22H15BrF3N3O2S/c23-16-6-4-13(5-7-16)10-19-20(30)28-21(32-19)29-27-12-17-8-9-18(31-17)14-2-1-3-15(11-14)22(24,25)26/h1-9,11-12,19H,10H2,(H,28,29,30)/b27-12+. The van der Waals surface area contributed by atoms with Crippen LogP contribution in [-0.2, 0) is 17.4 Å². The number of hydrogen-bond acceptors (Lipinski definition) is 5. The fourth-order valence-corrected chi connectivity index (χ4v) is 4.21. The topological polar surface area (TPSA) is 67.0 Å². The van der Waals surface area contributed by atoms with Crippen LogP contribution in [0.3, 0.4) is 0 Å². The van der Waals surface area contributed by atoms with Crippen molar-refractivity contribution in [3.8, 4) is 11.3 Å². The Balaban J connectivity index is 1.40. The number of carbonyl (C=O) groups excluding carboxylic acids is 1. The molecule has 32 heavy (non-hydrogen) atoms. The van der Waals surface area contributed by atoms with Crippen LogP contribution in [0.5, 0.6) is 0 Å². The highest BCUT2D eigenvalue weighted by Gasteiger charge is 2.31. The van der Waals surface area contributed by atoms with Crippen LogP contribution in [0.2, 0.25) is 0 Å². The first-order valence-corrected chi connectivity index (χ1v) is 11.1. The zero-order valence-corrected chi connectivity index (χ0v) is 18.7. The van der Waals surface area contributed by atoms with Gasteiger partial charge in [0.05, 0.1) is 17.0 Å². The molecule has 1 atom stereocenters. The second-order valence-electron chi connectivity index (χ2n) is 6.86. The summed E-state index contributed by atoms with van der Waals surface area (Å²) in [5.41, 5.74) is 0.586. The lowest BCUT2D eigenvalue weighted by Gasteiger charge is -2.07. The number of nitrogens with one attached hydrogen (secondary N) is 1. The third-order valence-electron chi connectivity index (χ3n) is 4.55. The highest BCUT2D eigenvalue weighted by atomic mass is 79.9. The Kier molecular flexibility index (Phi) is 6.52. The third-order valence-corrected chi connectivity index (χ3v) is 6.15. The van der Waals surface area contributed by atoms with Crippen LogP contribution in [0.25, 0.3) is 11.3 Å². The van der Waals surface area contributed by atoms with Gasteiger partial charge in [-0.1, -0.05) is 52.0 Å². The minimum atomic E-state index is -4.43. The summed E-state index contributed by atoms with van der Waals surface area (Å²) in [6.45, 7) is 0. The van der Waals surface area contributed by atoms with Crippen molar-refractivity contribution in [1.82, 2.24) is 5.32 Å². The first kappa shape index (κ1) is 22.3. The van der Waals surface area contributed by atoms with E-state index in [0.29, 0.717) is 22.9 Å². The van der Waals surface area contributed by atoms with Gasteiger partial charge in [0.25, 0.3) is 0 Å². The monoisotopic (exact) mass is 521 g/mol. The summed E-state index contributed by atoms with van der Waals surface area (Å²) in [7, 11) is 0. The molecule has 1 aromatic heterocycles.